The van der Waals surface area contributed by atoms with Crippen LogP contribution in [-0.2, 0) is 0 Å². The minimum atomic E-state index is 0.403. The molecule has 0 spiro atoms. The van der Waals surface area contributed by atoms with E-state index in [1.54, 1.807) is 6.08 Å². The highest BCUT2D eigenvalue weighted by molar-refractivity contribution is 5.19. The summed E-state index contributed by atoms with van der Waals surface area (Å²) in [7, 11) is 0. The summed E-state index contributed by atoms with van der Waals surface area (Å²) < 4.78 is 0. The van der Waals surface area contributed by atoms with Crippen molar-refractivity contribution in [3.63, 3.8) is 0 Å². The Morgan fingerprint density at radius 2 is 2.36 bits per heavy atom. The standard InChI is InChI=1S/C13H20O/c1-2-3-4-5-6-7-12-8-10-13(14)11-9-12/h6-8,10-12,14H,2-5,9H2,1H3. The number of hydrogen-bond acceptors (Lipinski definition) is 1. The Kier molecular flexibility index (Phi) is 5.13. The molecule has 1 nitrogen and oxygen atoms in total. The smallest absolute Gasteiger partial charge is 0.111 e. The number of aliphatic hydroxyl groups excluding tert-OH is 1. The van der Waals surface area contributed by atoms with Gasteiger partial charge < -0.3 is 5.11 Å². The highest BCUT2D eigenvalue weighted by Gasteiger charge is 2.03. The van der Waals surface area contributed by atoms with E-state index >= 15 is 0 Å². The molecule has 1 aliphatic carbocycles. The number of unbranched alkanes of at least 4 members (excludes halogenated alkanes) is 3. The molecule has 0 heterocycles. The number of rotatable bonds is 5. The van der Waals surface area contributed by atoms with Crippen molar-refractivity contribution in [2.45, 2.75) is 39.0 Å². The Bertz CT molecular complexity index is 236. The minimum Gasteiger partial charge on any atom is -0.508 e. The second-order valence-corrected chi connectivity index (χ2v) is 3.81. The maximum absolute atomic E-state index is 9.12. The molecule has 1 N–H and O–H groups in total. The number of allylic oxidation sites excluding steroid dienone is 5. The summed E-state index contributed by atoms with van der Waals surface area (Å²) in [5.41, 5.74) is 0. The first-order valence-corrected chi connectivity index (χ1v) is 5.57. The van der Waals surface area contributed by atoms with Crippen LogP contribution < -0.4 is 0 Å². The normalized spacial score (nSPS) is 21.5. The lowest BCUT2D eigenvalue weighted by Crippen LogP contribution is -1.95. The molecule has 0 aromatic carbocycles. The average molecular weight is 192 g/mol. The van der Waals surface area contributed by atoms with Gasteiger partial charge in [0.1, 0.15) is 5.76 Å². The van der Waals surface area contributed by atoms with Gasteiger partial charge in [-0.1, -0.05) is 38.0 Å². The summed E-state index contributed by atoms with van der Waals surface area (Å²) in [5.74, 6) is 0.896. The quantitative estimate of drug-likeness (QED) is 0.512. The number of hydrogen-bond donors (Lipinski definition) is 1. The highest BCUT2D eigenvalue weighted by atomic mass is 16.3. The molecule has 0 aromatic rings. The molecule has 1 unspecified atom stereocenters. The summed E-state index contributed by atoms with van der Waals surface area (Å²) in [4.78, 5) is 0. The topological polar surface area (TPSA) is 20.2 Å². The first-order valence-electron chi connectivity index (χ1n) is 5.57. The van der Waals surface area contributed by atoms with Crippen LogP contribution >= 0.6 is 0 Å². The fourth-order valence-electron chi connectivity index (χ4n) is 1.55. The van der Waals surface area contributed by atoms with Crippen LogP contribution in [0.15, 0.2) is 36.1 Å². The molecule has 0 saturated carbocycles. The van der Waals surface area contributed by atoms with Gasteiger partial charge in [0.2, 0.25) is 0 Å². The molecule has 0 fully saturated rings. The van der Waals surface area contributed by atoms with Crippen LogP contribution in [-0.4, -0.2) is 5.11 Å². The van der Waals surface area contributed by atoms with Crippen LogP contribution in [0.4, 0.5) is 0 Å². The third-order valence-corrected chi connectivity index (χ3v) is 2.47. The molecular formula is C13H20O. The predicted molar refractivity (Wildman–Crippen MR) is 61.2 cm³/mol. The van der Waals surface area contributed by atoms with E-state index in [1.165, 1.54) is 25.7 Å². The highest BCUT2D eigenvalue weighted by Crippen LogP contribution is 2.16. The van der Waals surface area contributed by atoms with Crippen molar-refractivity contribution in [2.75, 3.05) is 0 Å². The van der Waals surface area contributed by atoms with E-state index in [0.717, 1.165) is 6.42 Å². The van der Waals surface area contributed by atoms with Crippen LogP contribution in [0, 0.1) is 5.92 Å². The SMILES string of the molecule is CCCCCC=CC1C=CC(O)=CC1. The van der Waals surface area contributed by atoms with Crippen molar-refractivity contribution in [1.29, 1.82) is 0 Å². The largest absolute Gasteiger partial charge is 0.508 e. The third kappa shape index (κ3) is 4.31. The Labute approximate surface area is 86.8 Å². The molecule has 0 saturated heterocycles. The van der Waals surface area contributed by atoms with Gasteiger partial charge in [0, 0.05) is 0 Å². The van der Waals surface area contributed by atoms with Crippen LogP contribution in [0.25, 0.3) is 0 Å². The summed E-state index contributed by atoms with van der Waals surface area (Å²) in [5, 5.41) is 9.12. The van der Waals surface area contributed by atoms with Crippen molar-refractivity contribution in [3.8, 4) is 0 Å². The van der Waals surface area contributed by atoms with Crippen LogP contribution in [0.1, 0.15) is 39.0 Å². The molecule has 1 rings (SSSR count). The van der Waals surface area contributed by atoms with Gasteiger partial charge in [-0.25, -0.2) is 0 Å². The molecule has 0 bridgehead atoms. The zero-order valence-electron chi connectivity index (χ0n) is 8.95. The molecule has 14 heavy (non-hydrogen) atoms. The van der Waals surface area contributed by atoms with Crippen molar-refractivity contribution >= 4 is 0 Å². The summed E-state index contributed by atoms with van der Waals surface area (Å²) in [6, 6.07) is 0. The molecule has 0 amide bonds. The summed E-state index contributed by atoms with van der Waals surface area (Å²) in [6.45, 7) is 2.22. The Morgan fingerprint density at radius 3 is 3.00 bits per heavy atom. The van der Waals surface area contributed by atoms with Crippen molar-refractivity contribution in [2.24, 2.45) is 5.92 Å². The van der Waals surface area contributed by atoms with Crippen LogP contribution in [0.2, 0.25) is 0 Å². The van der Waals surface area contributed by atoms with E-state index < -0.39 is 0 Å². The summed E-state index contributed by atoms with van der Waals surface area (Å²) >= 11 is 0. The van der Waals surface area contributed by atoms with Gasteiger partial charge in [-0.15, -0.1) is 0 Å². The lowest BCUT2D eigenvalue weighted by Gasteiger charge is -2.08. The molecule has 0 aromatic heterocycles. The molecule has 0 radical (unpaired) electrons. The van der Waals surface area contributed by atoms with E-state index in [1.807, 2.05) is 6.08 Å². The first kappa shape index (κ1) is 11.1. The Morgan fingerprint density at radius 1 is 1.50 bits per heavy atom. The molecule has 1 aliphatic rings. The van der Waals surface area contributed by atoms with Crippen LogP contribution in [0.5, 0.6) is 0 Å². The zero-order chi connectivity index (χ0) is 10.2. The van der Waals surface area contributed by atoms with Gasteiger partial charge in [-0.05, 0) is 37.3 Å². The molecule has 1 heteroatoms. The zero-order valence-corrected chi connectivity index (χ0v) is 8.95. The predicted octanol–water partition coefficient (Wildman–Crippen LogP) is 4.14. The molecule has 1 atom stereocenters. The monoisotopic (exact) mass is 192 g/mol. The van der Waals surface area contributed by atoms with Gasteiger partial charge in [-0.3, -0.25) is 0 Å². The maximum Gasteiger partial charge on any atom is 0.111 e. The van der Waals surface area contributed by atoms with Gasteiger partial charge >= 0.3 is 0 Å². The van der Waals surface area contributed by atoms with Gasteiger partial charge in [0.15, 0.2) is 0 Å². The second kappa shape index (κ2) is 6.47. The molecule has 0 aliphatic heterocycles. The Hall–Kier alpha value is -0.980. The fraction of sp³-hybridized carbons (Fsp3) is 0.538. The fourth-order valence-corrected chi connectivity index (χ4v) is 1.55. The minimum absolute atomic E-state index is 0.403. The van der Waals surface area contributed by atoms with E-state index in [4.69, 9.17) is 5.11 Å². The van der Waals surface area contributed by atoms with E-state index in [9.17, 15) is 0 Å². The van der Waals surface area contributed by atoms with Crippen molar-refractivity contribution in [1.82, 2.24) is 0 Å². The maximum atomic E-state index is 9.12. The van der Waals surface area contributed by atoms with Gasteiger partial charge in [-0.2, -0.15) is 0 Å². The van der Waals surface area contributed by atoms with E-state index in [2.05, 4.69) is 25.2 Å². The van der Waals surface area contributed by atoms with Gasteiger partial charge in [0.25, 0.3) is 0 Å². The summed E-state index contributed by atoms with van der Waals surface area (Å²) in [6.07, 6.45) is 16.3. The van der Waals surface area contributed by atoms with Crippen LogP contribution in [0.3, 0.4) is 0 Å². The van der Waals surface area contributed by atoms with Crippen molar-refractivity contribution < 1.29 is 5.11 Å². The lowest BCUT2D eigenvalue weighted by molar-refractivity contribution is 0.424. The van der Waals surface area contributed by atoms with Gasteiger partial charge in [0.05, 0.1) is 0 Å². The average Bonchev–Trinajstić information content (AvgIpc) is 2.21. The van der Waals surface area contributed by atoms with Crippen molar-refractivity contribution in [3.05, 3.63) is 36.1 Å². The molecular weight excluding hydrogens is 172 g/mol. The lowest BCUT2D eigenvalue weighted by atomic mass is 9.99. The number of aliphatic hydroxyl groups is 1. The first-order chi connectivity index (χ1) is 6.83. The second-order valence-electron chi connectivity index (χ2n) is 3.81. The molecule has 78 valence electrons. The third-order valence-electron chi connectivity index (χ3n) is 2.47. The Balaban J connectivity index is 2.16. The van der Waals surface area contributed by atoms with E-state index in [0.29, 0.717) is 11.7 Å². The van der Waals surface area contributed by atoms with E-state index in [-0.39, 0.29) is 0 Å².